The maximum absolute atomic E-state index is 12.5. The highest BCUT2D eigenvalue weighted by Crippen LogP contribution is 3.02. The third-order valence-corrected chi connectivity index (χ3v) is 3.21. The summed E-state index contributed by atoms with van der Waals surface area (Å²) in [5, 5.41) is 0. The van der Waals surface area contributed by atoms with Gasteiger partial charge in [0.2, 0.25) is 0 Å². The molecule has 0 aliphatic carbocycles. The van der Waals surface area contributed by atoms with Gasteiger partial charge in [0.05, 0.1) is 12.7 Å². The average Bonchev–Trinajstić information content (AvgIpc) is 2.33. The van der Waals surface area contributed by atoms with Crippen LogP contribution in [0.15, 0.2) is 29.2 Å². The molecule has 114 valence electrons. The molecule has 1 rings (SSSR count). The Kier molecular flexibility index (Phi) is 3.51. The van der Waals surface area contributed by atoms with Crippen LogP contribution in [0.1, 0.15) is 10.4 Å². The molecule has 20 heavy (non-hydrogen) atoms. The zero-order valence-electron chi connectivity index (χ0n) is 9.95. The van der Waals surface area contributed by atoms with Gasteiger partial charge < -0.3 is 9.47 Å². The molecule has 0 spiro atoms. The molecule has 0 bridgehead atoms. The van der Waals surface area contributed by atoms with E-state index in [9.17, 15) is 29.0 Å². The first kappa shape index (κ1) is 16.2. The molecule has 4 nitrogen and oxygen atoms in total. The highest BCUT2D eigenvalue weighted by molar-refractivity contribution is 8.45. The maximum Gasteiger partial charge on any atom is 0.344 e. The van der Waals surface area contributed by atoms with Gasteiger partial charge in [-0.25, -0.2) is 9.59 Å². The van der Waals surface area contributed by atoms with E-state index in [-0.39, 0.29) is 12.1 Å². The summed E-state index contributed by atoms with van der Waals surface area (Å²) in [4.78, 5) is 19.8. The molecule has 1 aromatic carbocycles. The van der Waals surface area contributed by atoms with Gasteiger partial charge in [-0.05, 0) is 18.2 Å². The van der Waals surface area contributed by atoms with Crippen LogP contribution in [-0.2, 0) is 14.3 Å². The Labute approximate surface area is 110 Å². The van der Waals surface area contributed by atoms with Crippen molar-refractivity contribution in [1.29, 1.82) is 0 Å². The summed E-state index contributed by atoms with van der Waals surface area (Å²) in [6.45, 7) is -0.837. The summed E-state index contributed by atoms with van der Waals surface area (Å²) in [7, 11) is -8.86. The number of methoxy groups -OCH3 is 1. The number of ether oxygens (including phenoxy) is 2. The minimum absolute atomic E-state index is 0.0266. The van der Waals surface area contributed by atoms with Crippen LogP contribution in [0.3, 0.4) is 0 Å². The lowest BCUT2D eigenvalue weighted by Gasteiger charge is -2.40. The summed E-state index contributed by atoms with van der Waals surface area (Å²) in [6.07, 6.45) is 0. The van der Waals surface area contributed by atoms with Gasteiger partial charge in [-0.1, -0.05) is 25.5 Å². The van der Waals surface area contributed by atoms with E-state index in [1.165, 1.54) is 0 Å². The van der Waals surface area contributed by atoms with Crippen LogP contribution in [0, 0.1) is 0 Å². The van der Waals surface area contributed by atoms with Gasteiger partial charge in [-0.2, -0.15) is 0 Å². The maximum atomic E-state index is 12.5. The fourth-order valence-electron chi connectivity index (χ4n) is 1.13. The van der Waals surface area contributed by atoms with Crippen molar-refractivity contribution in [2.75, 3.05) is 13.7 Å². The molecule has 0 atom stereocenters. The van der Waals surface area contributed by atoms with E-state index in [0.717, 1.165) is 13.2 Å². The molecule has 0 aromatic heterocycles. The summed E-state index contributed by atoms with van der Waals surface area (Å²) in [5.41, 5.74) is -0.750. The zero-order chi connectivity index (χ0) is 15.7. The van der Waals surface area contributed by atoms with Gasteiger partial charge in [-0.3, -0.25) is 0 Å². The monoisotopic (exact) mass is 320 g/mol. The molecule has 0 N–H and O–H groups in total. The third kappa shape index (κ3) is 4.37. The Balaban J connectivity index is 3.01. The normalized spacial score (nSPS) is 14.9. The van der Waals surface area contributed by atoms with Gasteiger partial charge in [0.1, 0.15) is 4.90 Å². The molecular formula is C10H9F5O4S. The minimum Gasteiger partial charge on any atom is -0.466 e. The molecule has 0 unspecified atom stereocenters. The molecule has 0 radical (unpaired) electrons. The number of hydrogen-bond donors (Lipinski definition) is 0. The zero-order valence-corrected chi connectivity index (χ0v) is 10.8. The minimum atomic E-state index is -9.87. The molecular weight excluding hydrogens is 311 g/mol. The standard InChI is InChI=1S/C10H9F5O4S/c1-18-9(16)6-19-10(17)7-3-2-4-8(5-7)20(11,12,13,14)15/h2-5H,6H2,1H3. The van der Waals surface area contributed by atoms with E-state index in [1.807, 2.05) is 0 Å². The summed E-state index contributed by atoms with van der Waals surface area (Å²) < 4.78 is 71.1. The molecule has 0 saturated heterocycles. The van der Waals surface area contributed by atoms with E-state index >= 15 is 0 Å². The van der Waals surface area contributed by atoms with E-state index in [2.05, 4.69) is 9.47 Å². The predicted octanol–water partition coefficient (Wildman–Crippen LogP) is 3.67. The van der Waals surface area contributed by atoms with Gasteiger partial charge in [0, 0.05) is 0 Å². The fourth-order valence-corrected chi connectivity index (χ4v) is 1.82. The summed E-state index contributed by atoms with van der Waals surface area (Å²) in [5.74, 6) is -2.29. The second-order valence-electron chi connectivity index (χ2n) is 3.65. The number of benzene rings is 1. The number of esters is 2. The van der Waals surface area contributed by atoms with Crippen LogP contribution in [0.5, 0.6) is 0 Å². The highest BCUT2D eigenvalue weighted by atomic mass is 32.5. The van der Waals surface area contributed by atoms with Crippen molar-refractivity contribution in [2.45, 2.75) is 4.90 Å². The van der Waals surface area contributed by atoms with E-state index < -0.39 is 39.2 Å². The van der Waals surface area contributed by atoms with Gasteiger partial charge in [0.15, 0.2) is 6.61 Å². The second-order valence-corrected chi connectivity index (χ2v) is 6.06. The van der Waals surface area contributed by atoms with E-state index in [0.29, 0.717) is 6.07 Å². The average molecular weight is 320 g/mol. The Morgan fingerprint density at radius 1 is 1.15 bits per heavy atom. The SMILES string of the molecule is COC(=O)COC(=O)c1cccc(S(F)(F)(F)(F)F)c1. The lowest BCUT2D eigenvalue weighted by Crippen LogP contribution is -2.15. The van der Waals surface area contributed by atoms with E-state index in [1.54, 1.807) is 0 Å². The number of rotatable bonds is 4. The van der Waals surface area contributed by atoms with Crippen LogP contribution < -0.4 is 0 Å². The van der Waals surface area contributed by atoms with Crippen molar-refractivity contribution >= 4 is 22.2 Å². The lowest BCUT2D eigenvalue weighted by molar-refractivity contribution is -0.144. The molecule has 10 heteroatoms. The fraction of sp³-hybridized carbons (Fsp3) is 0.200. The van der Waals surface area contributed by atoms with Crippen molar-refractivity contribution in [2.24, 2.45) is 0 Å². The number of carbonyl (C=O) groups excluding carboxylic acids is 2. The van der Waals surface area contributed by atoms with Crippen molar-refractivity contribution in [3.05, 3.63) is 29.8 Å². The number of hydrogen-bond acceptors (Lipinski definition) is 4. The first-order chi connectivity index (χ1) is 8.83. The summed E-state index contributed by atoms with van der Waals surface area (Å²) in [6, 6.07) is 1.62. The van der Waals surface area contributed by atoms with Crippen molar-refractivity contribution in [3.8, 4) is 0 Å². The highest BCUT2D eigenvalue weighted by Gasteiger charge is 2.65. The molecule has 0 saturated carbocycles. The van der Waals surface area contributed by atoms with E-state index in [4.69, 9.17) is 0 Å². The van der Waals surface area contributed by atoms with Crippen LogP contribution >= 0.6 is 10.2 Å². The van der Waals surface area contributed by atoms with Gasteiger partial charge in [-0.15, -0.1) is 0 Å². The Morgan fingerprint density at radius 2 is 1.75 bits per heavy atom. The Hall–Kier alpha value is -1.84. The topological polar surface area (TPSA) is 52.6 Å². The number of carbonyl (C=O) groups is 2. The Morgan fingerprint density at radius 3 is 2.25 bits per heavy atom. The summed E-state index contributed by atoms with van der Waals surface area (Å²) >= 11 is 0. The molecule has 1 aromatic rings. The molecule has 0 amide bonds. The first-order valence-corrected chi connectivity index (χ1v) is 6.87. The molecule has 0 fully saturated rings. The smallest absolute Gasteiger partial charge is 0.344 e. The van der Waals surface area contributed by atoms with Crippen LogP contribution in [0.25, 0.3) is 0 Å². The largest absolute Gasteiger partial charge is 0.466 e. The second kappa shape index (κ2) is 4.33. The predicted molar refractivity (Wildman–Crippen MR) is 60.1 cm³/mol. The molecule has 0 aliphatic heterocycles. The van der Waals surface area contributed by atoms with Gasteiger partial charge >= 0.3 is 22.2 Å². The van der Waals surface area contributed by atoms with Crippen molar-refractivity contribution in [3.63, 3.8) is 0 Å². The quantitative estimate of drug-likeness (QED) is 0.627. The van der Waals surface area contributed by atoms with Crippen LogP contribution in [-0.4, -0.2) is 25.7 Å². The van der Waals surface area contributed by atoms with Crippen LogP contribution in [0.4, 0.5) is 19.4 Å². The van der Waals surface area contributed by atoms with Crippen LogP contribution in [0.2, 0.25) is 0 Å². The lowest BCUT2D eigenvalue weighted by atomic mass is 10.2. The van der Waals surface area contributed by atoms with Gasteiger partial charge in [0.25, 0.3) is 0 Å². The third-order valence-electron chi connectivity index (χ3n) is 2.06. The molecule has 0 heterocycles. The Bertz CT molecular complexity index is 554. The van der Waals surface area contributed by atoms with Crippen molar-refractivity contribution < 1.29 is 38.5 Å². The van der Waals surface area contributed by atoms with Crippen molar-refractivity contribution in [1.82, 2.24) is 0 Å². The number of halogens is 5. The first-order valence-electron chi connectivity index (χ1n) is 4.91. The molecule has 0 aliphatic rings.